The Labute approximate surface area is 94.2 Å². The summed E-state index contributed by atoms with van der Waals surface area (Å²) in [5.74, 6) is -0.896. The fourth-order valence-corrected chi connectivity index (χ4v) is 1.72. The van der Waals surface area contributed by atoms with E-state index in [-0.39, 0.29) is 5.75 Å². The third kappa shape index (κ3) is 1.91. The van der Waals surface area contributed by atoms with Crippen LogP contribution in [0.2, 0.25) is 0 Å². The molecule has 2 aromatic carbocycles. The SMILES string of the molecule is Cc1ccc(C)c(-c2ccc(O)c(F)c2)c1. The zero-order valence-corrected chi connectivity index (χ0v) is 9.29. The van der Waals surface area contributed by atoms with Crippen LogP contribution >= 0.6 is 0 Å². The molecule has 82 valence electrons. The predicted molar refractivity (Wildman–Crippen MR) is 63.0 cm³/mol. The fraction of sp³-hybridized carbons (Fsp3) is 0.143. The van der Waals surface area contributed by atoms with Gasteiger partial charge in [0.15, 0.2) is 11.6 Å². The van der Waals surface area contributed by atoms with Crippen LogP contribution < -0.4 is 0 Å². The zero-order chi connectivity index (χ0) is 11.7. The van der Waals surface area contributed by atoms with Crippen LogP contribution in [0.3, 0.4) is 0 Å². The molecular weight excluding hydrogens is 203 g/mol. The molecule has 1 N–H and O–H groups in total. The second kappa shape index (κ2) is 3.97. The highest BCUT2D eigenvalue weighted by atomic mass is 19.1. The highest BCUT2D eigenvalue weighted by Gasteiger charge is 2.06. The van der Waals surface area contributed by atoms with Gasteiger partial charge in [0, 0.05) is 0 Å². The van der Waals surface area contributed by atoms with E-state index in [0.29, 0.717) is 0 Å². The first kappa shape index (κ1) is 10.7. The number of benzene rings is 2. The summed E-state index contributed by atoms with van der Waals surface area (Å²) in [4.78, 5) is 0. The van der Waals surface area contributed by atoms with Crippen molar-refractivity contribution in [2.24, 2.45) is 0 Å². The molecule has 0 aromatic heterocycles. The van der Waals surface area contributed by atoms with Gasteiger partial charge in [0.2, 0.25) is 0 Å². The van der Waals surface area contributed by atoms with Gasteiger partial charge >= 0.3 is 0 Å². The maximum Gasteiger partial charge on any atom is 0.165 e. The maximum atomic E-state index is 13.2. The van der Waals surface area contributed by atoms with Gasteiger partial charge in [-0.25, -0.2) is 4.39 Å². The summed E-state index contributed by atoms with van der Waals surface area (Å²) in [6, 6.07) is 10.5. The van der Waals surface area contributed by atoms with Gasteiger partial charge in [-0.1, -0.05) is 29.8 Å². The molecule has 0 unspecified atom stereocenters. The molecule has 0 aliphatic carbocycles. The van der Waals surface area contributed by atoms with Crippen molar-refractivity contribution in [2.75, 3.05) is 0 Å². The molecule has 0 bridgehead atoms. The van der Waals surface area contributed by atoms with E-state index in [4.69, 9.17) is 5.11 Å². The summed E-state index contributed by atoms with van der Waals surface area (Å²) in [5, 5.41) is 9.14. The average Bonchev–Trinajstić information content (AvgIpc) is 2.26. The third-order valence-corrected chi connectivity index (χ3v) is 2.65. The molecule has 2 heteroatoms. The molecule has 2 aromatic rings. The summed E-state index contributed by atoms with van der Waals surface area (Å²) >= 11 is 0. The van der Waals surface area contributed by atoms with Crippen molar-refractivity contribution in [2.45, 2.75) is 13.8 Å². The van der Waals surface area contributed by atoms with Crippen molar-refractivity contribution in [1.29, 1.82) is 0 Å². The van der Waals surface area contributed by atoms with Crippen molar-refractivity contribution in [3.8, 4) is 16.9 Å². The number of hydrogen-bond acceptors (Lipinski definition) is 1. The lowest BCUT2D eigenvalue weighted by Crippen LogP contribution is -1.86. The van der Waals surface area contributed by atoms with E-state index >= 15 is 0 Å². The molecule has 0 amide bonds. The Morgan fingerprint density at radius 3 is 2.44 bits per heavy atom. The first-order chi connectivity index (χ1) is 7.58. The van der Waals surface area contributed by atoms with Crippen molar-refractivity contribution in [1.82, 2.24) is 0 Å². The number of hydrogen-bond donors (Lipinski definition) is 1. The average molecular weight is 216 g/mol. The molecule has 0 spiro atoms. The van der Waals surface area contributed by atoms with Crippen molar-refractivity contribution < 1.29 is 9.50 Å². The molecule has 1 nitrogen and oxygen atoms in total. The van der Waals surface area contributed by atoms with Gasteiger partial charge in [0.25, 0.3) is 0 Å². The minimum atomic E-state index is -0.585. The second-order valence-corrected chi connectivity index (χ2v) is 3.98. The molecule has 16 heavy (non-hydrogen) atoms. The lowest BCUT2D eigenvalue weighted by Gasteiger charge is -2.08. The minimum Gasteiger partial charge on any atom is -0.505 e. The lowest BCUT2D eigenvalue weighted by molar-refractivity contribution is 0.432. The lowest BCUT2D eigenvalue weighted by atomic mass is 9.98. The van der Waals surface area contributed by atoms with E-state index in [9.17, 15) is 4.39 Å². The molecule has 0 aliphatic heterocycles. The number of halogens is 1. The van der Waals surface area contributed by atoms with Crippen LogP contribution in [0.1, 0.15) is 11.1 Å². The second-order valence-electron chi connectivity index (χ2n) is 3.98. The summed E-state index contributed by atoms with van der Waals surface area (Å²) in [6.45, 7) is 3.99. The highest BCUT2D eigenvalue weighted by molar-refractivity contribution is 5.68. The molecular formula is C14H13FO. The van der Waals surface area contributed by atoms with Crippen LogP contribution in [0.25, 0.3) is 11.1 Å². The van der Waals surface area contributed by atoms with Crippen LogP contribution in [0, 0.1) is 19.7 Å². The molecule has 0 radical (unpaired) electrons. The van der Waals surface area contributed by atoms with Crippen LogP contribution in [0.15, 0.2) is 36.4 Å². The normalized spacial score (nSPS) is 10.4. The van der Waals surface area contributed by atoms with Gasteiger partial charge in [0.05, 0.1) is 0 Å². The van der Waals surface area contributed by atoms with Crippen molar-refractivity contribution >= 4 is 0 Å². The van der Waals surface area contributed by atoms with E-state index in [1.54, 1.807) is 6.07 Å². The Kier molecular flexibility index (Phi) is 2.65. The largest absolute Gasteiger partial charge is 0.505 e. The number of phenolic OH excluding ortho intramolecular Hbond substituents is 1. The Balaban J connectivity index is 2.58. The molecule has 0 heterocycles. The summed E-state index contributed by atoms with van der Waals surface area (Å²) in [7, 11) is 0. The minimum absolute atomic E-state index is 0.311. The first-order valence-electron chi connectivity index (χ1n) is 5.14. The van der Waals surface area contributed by atoms with Crippen molar-refractivity contribution in [3.63, 3.8) is 0 Å². The van der Waals surface area contributed by atoms with Gasteiger partial charge in [0.1, 0.15) is 0 Å². The molecule has 0 saturated carbocycles. The van der Waals surface area contributed by atoms with E-state index < -0.39 is 5.82 Å². The summed E-state index contributed by atoms with van der Waals surface area (Å²) in [5.41, 5.74) is 4.01. The Morgan fingerprint density at radius 1 is 1.00 bits per heavy atom. The quantitative estimate of drug-likeness (QED) is 0.768. The van der Waals surface area contributed by atoms with Crippen LogP contribution in [0.4, 0.5) is 4.39 Å². The summed E-state index contributed by atoms with van der Waals surface area (Å²) < 4.78 is 13.2. The third-order valence-electron chi connectivity index (χ3n) is 2.65. The van der Waals surface area contributed by atoms with Crippen LogP contribution in [0.5, 0.6) is 5.75 Å². The Bertz CT molecular complexity index is 532. The van der Waals surface area contributed by atoms with Crippen LogP contribution in [-0.2, 0) is 0 Å². The Morgan fingerprint density at radius 2 is 1.75 bits per heavy atom. The first-order valence-corrected chi connectivity index (χ1v) is 5.14. The Hall–Kier alpha value is -1.83. The molecule has 0 fully saturated rings. The fourth-order valence-electron chi connectivity index (χ4n) is 1.72. The van der Waals surface area contributed by atoms with E-state index in [0.717, 1.165) is 22.3 Å². The highest BCUT2D eigenvalue weighted by Crippen LogP contribution is 2.27. The molecule has 0 saturated heterocycles. The number of aromatic hydroxyl groups is 1. The molecule has 0 aliphatic rings. The topological polar surface area (TPSA) is 20.2 Å². The number of phenols is 1. The van der Waals surface area contributed by atoms with Crippen molar-refractivity contribution in [3.05, 3.63) is 53.3 Å². The predicted octanol–water partition coefficient (Wildman–Crippen LogP) is 3.82. The smallest absolute Gasteiger partial charge is 0.165 e. The maximum absolute atomic E-state index is 13.2. The standard InChI is InChI=1S/C14H13FO/c1-9-3-4-10(2)12(7-9)11-5-6-14(16)13(15)8-11/h3-8,16H,1-2H3. The van der Waals surface area contributed by atoms with Crippen LogP contribution in [-0.4, -0.2) is 5.11 Å². The molecule has 0 atom stereocenters. The van der Waals surface area contributed by atoms with Gasteiger partial charge in [-0.15, -0.1) is 0 Å². The van der Waals surface area contributed by atoms with E-state index in [1.807, 2.05) is 32.0 Å². The van der Waals surface area contributed by atoms with Gasteiger partial charge < -0.3 is 5.11 Å². The summed E-state index contributed by atoms with van der Waals surface area (Å²) in [6.07, 6.45) is 0. The number of rotatable bonds is 1. The monoisotopic (exact) mass is 216 g/mol. The molecule has 2 rings (SSSR count). The van der Waals surface area contributed by atoms with E-state index in [2.05, 4.69) is 0 Å². The zero-order valence-electron chi connectivity index (χ0n) is 9.29. The van der Waals surface area contributed by atoms with E-state index in [1.165, 1.54) is 12.1 Å². The van der Waals surface area contributed by atoms with Gasteiger partial charge in [-0.05, 0) is 42.7 Å². The number of aryl methyl sites for hydroxylation is 2. The van der Waals surface area contributed by atoms with Gasteiger partial charge in [-0.2, -0.15) is 0 Å². The van der Waals surface area contributed by atoms with Gasteiger partial charge in [-0.3, -0.25) is 0 Å².